The molecule has 3 atom stereocenters. The van der Waals surface area contributed by atoms with E-state index in [1.807, 2.05) is 82.3 Å². The first-order valence-corrected chi connectivity index (χ1v) is 16.4. The highest BCUT2D eigenvalue weighted by molar-refractivity contribution is 6.38. The van der Waals surface area contributed by atoms with Crippen LogP contribution in [-0.2, 0) is 41.7 Å². The van der Waals surface area contributed by atoms with E-state index in [-0.39, 0.29) is 49.7 Å². The Labute approximate surface area is 271 Å². The molecule has 1 fully saturated rings. The fraction of sp³-hybridized carbons (Fsp3) is 0.447. The van der Waals surface area contributed by atoms with Gasteiger partial charge in [-0.1, -0.05) is 107 Å². The Morgan fingerprint density at radius 3 is 2.22 bits per heavy atom. The number of amides is 2. The maximum Gasteiger partial charge on any atom is 0.306 e. The minimum Gasteiger partial charge on any atom is -0.461 e. The van der Waals surface area contributed by atoms with Gasteiger partial charge in [0, 0.05) is 25.4 Å². The van der Waals surface area contributed by atoms with Crippen molar-refractivity contribution in [2.45, 2.75) is 72.4 Å². The second kappa shape index (κ2) is 16.3. The number of hydrogen-bond donors (Lipinski definition) is 1. The molecule has 244 valence electrons. The van der Waals surface area contributed by atoms with E-state index in [2.05, 4.69) is 23.5 Å². The minimum atomic E-state index is -1.03. The van der Waals surface area contributed by atoms with E-state index in [4.69, 9.17) is 4.74 Å². The number of carbonyl (C=O) groups is 5. The van der Waals surface area contributed by atoms with E-state index in [1.54, 1.807) is 0 Å². The van der Waals surface area contributed by atoms with E-state index < -0.39 is 35.5 Å². The van der Waals surface area contributed by atoms with Crippen molar-refractivity contribution < 1.29 is 28.7 Å². The lowest BCUT2D eigenvalue weighted by Gasteiger charge is -2.39. The van der Waals surface area contributed by atoms with Gasteiger partial charge in [0.05, 0.1) is 18.4 Å². The third-order valence-electron chi connectivity index (χ3n) is 8.88. The van der Waals surface area contributed by atoms with Gasteiger partial charge in [0.2, 0.25) is 11.7 Å². The summed E-state index contributed by atoms with van der Waals surface area (Å²) in [6.45, 7) is 8.14. The number of nitrogens with one attached hydrogen (secondary N) is 1. The number of ketones is 2. The number of hydrogen-bond acceptors (Lipinski definition) is 6. The maximum atomic E-state index is 13.5. The van der Waals surface area contributed by atoms with Gasteiger partial charge in [-0.15, -0.1) is 0 Å². The van der Waals surface area contributed by atoms with Crippen molar-refractivity contribution in [3.8, 4) is 0 Å². The van der Waals surface area contributed by atoms with E-state index in [9.17, 15) is 24.0 Å². The van der Waals surface area contributed by atoms with E-state index in [0.29, 0.717) is 25.7 Å². The molecule has 0 bridgehead atoms. The molecule has 1 saturated heterocycles. The number of likely N-dealkylation sites (tertiary alicyclic amines) is 1. The molecule has 2 amide bonds. The molecule has 3 aromatic carbocycles. The van der Waals surface area contributed by atoms with E-state index >= 15 is 0 Å². The molecule has 46 heavy (non-hydrogen) atoms. The molecule has 4 rings (SSSR count). The van der Waals surface area contributed by atoms with Crippen molar-refractivity contribution in [1.82, 2.24) is 10.2 Å². The number of esters is 1. The zero-order valence-electron chi connectivity index (χ0n) is 27.4. The molecule has 1 heterocycles. The summed E-state index contributed by atoms with van der Waals surface area (Å²) in [5.74, 6) is -3.43. The number of fused-ring (bicyclic) bond motifs is 1. The van der Waals surface area contributed by atoms with Crippen molar-refractivity contribution in [3.05, 3.63) is 83.9 Å². The molecule has 0 aromatic heterocycles. The van der Waals surface area contributed by atoms with E-state index in [0.717, 1.165) is 21.9 Å². The normalized spacial score (nSPS) is 15.1. The highest BCUT2D eigenvalue weighted by Crippen LogP contribution is 2.23. The molecule has 1 unspecified atom stereocenters. The summed E-state index contributed by atoms with van der Waals surface area (Å²) in [4.78, 5) is 67.1. The third-order valence-corrected chi connectivity index (χ3v) is 8.88. The standard InChI is InChI=1S/C38H46N2O6/c1-5-26(4)35(39-37(44)31(19-25(2)3)21-34(42)46-24-28-11-7-6-8-12-28)36(43)38(45)40-22-32(23-40)33(41)18-16-27-15-17-29-13-9-10-14-30(29)20-27/h6-15,17,20,25-26,31-32,35H,5,16,18-19,21-24H2,1-4H3,(H,39,44)/t26-,31+,35?/m0/s1. The van der Waals surface area contributed by atoms with Crippen LogP contribution < -0.4 is 5.32 Å². The molecule has 3 aromatic rings. The van der Waals surface area contributed by atoms with Gasteiger partial charge in [0.1, 0.15) is 12.4 Å². The molecule has 8 nitrogen and oxygen atoms in total. The topological polar surface area (TPSA) is 110 Å². The molecular weight excluding hydrogens is 580 g/mol. The van der Waals surface area contributed by atoms with Crippen LogP contribution in [0.4, 0.5) is 0 Å². The number of benzene rings is 3. The maximum absolute atomic E-state index is 13.5. The van der Waals surface area contributed by atoms with Crippen LogP contribution in [0.5, 0.6) is 0 Å². The lowest BCUT2D eigenvalue weighted by Crippen LogP contribution is -2.59. The van der Waals surface area contributed by atoms with Crippen LogP contribution in [0.15, 0.2) is 72.8 Å². The van der Waals surface area contributed by atoms with Gasteiger partial charge in [0.15, 0.2) is 0 Å². The molecule has 1 aliphatic heterocycles. The average Bonchev–Trinajstić information content (AvgIpc) is 3.03. The second-order valence-electron chi connectivity index (χ2n) is 13.0. The summed E-state index contributed by atoms with van der Waals surface area (Å²) in [5, 5.41) is 5.09. The monoisotopic (exact) mass is 626 g/mol. The summed E-state index contributed by atoms with van der Waals surface area (Å²) in [5.41, 5.74) is 1.93. The van der Waals surface area contributed by atoms with Gasteiger partial charge in [-0.25, -0.2) is 0 Å². The average molecular weight is 627 g/mol. The van der Waals surface area contributed by atoms with Crippen molar-refractivity contribution in [1.29, 1.82) is 0 Å². The van der Waals surface area contributed by atoms with Gasteiger partial charge in [-0.3, -0.25) is 24.0 Å². The fourth-order valence-corrected chi connectivity index (χ4v) is 5.83. The number of carbonyl (C=O) groups excluding carboxylic acids is 5. The summed E-state index contributed by atoms with van der Waals surface area (Å²) in [6.07, 6.45) is 1.86. The van der Waals surface area contributed by atoms with Gasteiger partial charge in [-0.05, 0) is 46.6 Å². The molecule has 0 aliphatic carbocycles. The predicted octanol–water partition coefficient (Wildman–Crippen LogP) is 5.70. The van der Waals surface area contributed by atoms with Crippen LogP contribution in [0, 0.1) is 23.7 Å². The Morgan fingerprint density at radius 2 is 1.54 bits per heavy atom. The molecule has 1 aliphatic rings. The summed E-state index contributed by atoms with van der Waals surface area (Å²) >= 11 is 0. The Hall–Kier alpha value is -4.33. The molecule has 1 N–H and O–H groups in total. The first kappa shape index (κ1) is 34.5. The molecular formula is C38H46N2O6. The first-order chi connectivity index (χ1) is 22.0. The van der Waals surface area contributed by atoms with Gasteiger partial charge >= 0.3 is 5.97 Å². The Kier molecular flexibility index (Phi) is 12.2. The second-order valence-corrected chi connectivity index (χ2v) is 13.0. The number of nitrogens with zero attached hydrogens (tertiary/aromatic N) is 1. The van der Waals surface area contributed by atoms with Crippen molar-refractivity contribution in [2.24, 2.45) is 23.7 Å². The molecule has 0 radical (unpaired) electrons. The van der Waals surface area contributed by atoms with Gasteiger partial charge in [0.25, 0.3) is 5.91 Å². The van der Waals surface area contributed by atoms with Crippen LogP contribution in [0.2, 0.25) is 0 Å². The van der Waals surface area contributed by atoms with E-state index in [1.165, 1.54) is 4.90 Å². The van der Waals surface area contributed by atoms with Crippen LogP contribution >= 0.6 is 0 Å². The quantitative estimate of drug-likeness (QED) is 0.162. The minimum absolute atomic E-state index is 0.0760. The number of aryl methyl sites for hydroxylation is 1. The van der Waals surface area contributed by atoms with Crippen LogP contribution in [-0.4, -0.2) is 53.4 Å². The smallest absolute Gasteiger partial charge is 0.306 e. The first-order valence-electron chi connectivity index (χ1n) is 16.4. The highest BCUT2D eigenvalue weighted by Gasteiger charge is 2.41. The number of Topliss-reactive ketones (excluding diaryl/α,β-unsaturated/α-hetero) is 2. The zero-order chi connectivity index (χ0) is 33.2. The predicted molar refractivity (Wildman–Crippen MR) is 178 cm³/mol. The summed E-state index contributed by atoms with van der Waals surface area (Å²) in [7, 11) is 0. The SMILES string of the molecule is CC[C@H](C)C(NC(=O)[C@@H](CC(=O)OCc1ccccc1)CC(C)C)C(=O)C(=O)N1CC(C(=O)CCc2ccc3ccccc3c2)C1. The van der Waals surface area contributed by atoms with Crippen LogP contribution in [0.1, 0.15) is 64.5 Å². The zero-order valence-corrected chi connectivity index (χ0v) is 27.4. The van der Waals surface area contributed by atoms with Crippen molar-refractivity contribution in [2.75, 3.05) is 13.1 Å². The Balaban J connectivity index is 1.30. The van der Waals surface area contributed by atoms with Crippen molar-refractivity contribution in [3.63, 3.8) is 0 Å². The fourth-order valence-electron chi connectivity index (χ4n) is 5.83. The van der Waals surface area contributed by atoms with Crippen LogP contribution in [0.3, 0.4) is 0 Å². The Bertz CT molecular complexity index is 1530. The number of ether oxygens (including phenoxy) is 1. The lowest BCUT2D eigenvalue weighted by molar-refractivity contribution is -0.153. The lowest BCUT2D eigenvalue weighted by atomic mass is 9.88. The summed E-state index contributed by atoms with van der Waals surface area (Å²) in [6, 6.07) is 22.6. The summed E-state index contributed by atoms with van der Waals surface area (Å²) < 4.78 is 5.42. The van der Waals surface area contributed by atoms with Crippen molar-refractivity contribution >= 4 is 40.1 Å². The third kappa shape index (κ3) is 9.35. The van der Waals surface area contributed by atoms with Gasteiger partial charge < -0.3 is 15.0 Å². The molecule has 0 saturated carbocycles. The van der Waals surface area contributed by atoms with Crippen LogP contribution in [0.25, 0.3) is 10.8 Å². The molecule has 0 spiro atoms. The number of rotatable bonds is 16. The highest BCUT2D eigenvalue weighted by atomic mass is 16.5. The Morgan fingerprint density at radius 1 is 0.870 bits per heavy atom. The van der Waals surface area contributed by atoms with Gasteiger partial charge in [-0.2, -0.15) is 0 Å². The molecule has 8 heteroatoms. The largest absolute Gasteiger partial charge is 0.461 e.